The molecule has 0 aliphatic carbocycles. The molecular formula is C18H16Cl2N2O2S. The summed E-state index contributed by atoms with van der Waals surface area (Å²) < 4.78 is 6.66. The number of rotatable bonds is 5. The quantitative estimate of drug-likeness (QED) is 0.614. The van der Waals surface area contributed by atoms with Gasteiger partial charge in [-0.15, -0.1) is 0 Å². The number of aryl methyl sites for hydroxylation is 1. The highest BCUT2D eigenvalue weighted by Gasteiger charge is 2.18. The summed E-state index contributed by atoms with van der Waals surface area (Å²) in [6.07, 6.45) is 0.235. The molecule has 0 fully saturated rings. The summed E-state index contributed by atoms with van der Waals surface area (Å²) in [5.74, 6) is 0.117. The lowest BCUT2D eigenvalue weighted by Crippen LogP contribution is -2.30. The summed E-state index contributed by atoms with van der Waals surface area (Å²) in [4.78, 5) is 16.8. The molecule has 0 saturated heterocycles. The van der Waals surface area contributed by atoms with Gasteiger partial charge in [-0.25, -0.2) is 4.98 Å². The van der Waals surface area contributed by atoms with Crippen LogP contribution >= 0.6 is 34.5 Å². The van der Waals surface area contributed by atoms with Crippen LogP contribution in [0.1, 0.15) is 19.4 Å². The fourth-order valence-corrected chi connectivity index (χ4v) is 3.65. The Morgan fingerprint density at radius 1 is 1.28 bits per heavy atom. The molecule has 1 heterocycles. The van der Waals surface area contributed by atoms with E-state index in [0.717, 1.165) is 16.6 Å². The molecule has 1 unspecified atom stereocenters. The highest BCUT2D eigenvalue weighted by atomic mass is 35.5. The molecule has 2 aromatic carbocycles. The monoisotopic (exact) mass is 394 g/mol. The number of hydrogen-bond acceptors (Lipinski definition) is 4. The number of aromatic nitrogens is 1. The summed E-state index contributed by atoms with van der Waals surface area (Å²) in [5, 5.41) is 4.21. The lowest BCUT2D eigenvalue weighted by Gasteiger charge is -2.14. The first-order chi connectivity index (χ1) is 12.0. The van der Waals surface area contributed by atoms with Crippen molar-refractivity contribution in [2.24, 2.45) is 0 Å². The first-order valence-corrected chi connectivity index (χ1v) is 9.35. The Labute approximate surface area is 159 Å². The Bertz CT molecular complexity index is 927. The van der Waals surface area contributed by atoms with Crippen LogP contribution in [0.3, 0.4) is 0 Å². The lowest BCUT2D eigenvalue weighted by molar-refractivity contribution is -0.122. The maximum absolute atomic E-state index is 12.4. The number of ether oxygens (including phenoxy) is 1. The Morgan fingerprint density at radius 2 is 2.08 bits per heavy atom. The summed E-state index contributed by atoms with van der Waals surface area (Å²) >= 11 is 13.4. The van der Waals surface area contributed by atoms with Crippen molar-refractivity contribution in [1.29, 1.82) is 0 Å². The van der Waals surface area contributed by atoms with Gasteiger partial charge >= 0.3 is 0 Å². The van der Waals surface area contributed by atoms with E-state index in [0.29, 0.717) is 20.9 Å². The molecular weight excluding hydrogens is 379 g/mol. The van der Waals surface area contributed by atoms with Gasteiger partial charge in [0.05, 0.1) is 15.2 Å². The van der Waals surface area contributed by atoms with Crippen molar-refractivity contribution < 1.29 is 9.53 Å². The first-order valence-electron chi connectivity index (χ1n) is 7.78. The van der Waals surface area contributed by atoms with Crippen molar-refractivity contribution >= 4 is 55.8 Å². The van der Waals surface area contributed by atoms with Crippen LogP contribution in [0.25, 0.3) is 10.2 Å². The molecule has 25 heavy (non-hydrogen) atoms. The molecule has 1 aromatic heterocycles. The van der Waals surface area contributed by atoms with Crippen LogP contribution in [0.5, 0.6) is 5.75 Å². The normalized spacial score (nSPS) is 12.2. The zero-order chi connectivity index (χ0) is 18.0. The molecule has 1 amide bonds. The van der Waals surface area contributed by atoms with E-state index in [2.05, 4.69) is 23.3 Å². The standard InChI is InChI=1S/C18H16Cl2N2O2S/c1-3-11-4-6-14-16(8-11)25-18(21-14)22-17(23)10(2)24-15-7-5-12(19)9-13(15)20/h4-10H,3H2,1-2H3,(H,21,22,23). The van der Waals surface area contributed by atoms with E-state index in [1.54, 1.807) is 25.1 Å². The highest BCUT2D eigenvalue weighted by molar-refractivity contribution is 7.22. The summed E-state index contributed by atoms with van der Waals surface area (Å²) in [7, 11) is 0. The molecule has 0 radical (unpaired) electrons. The number of anilines is 1. The number of nitrogens with one attached hydrogen (secondary N) is 1. The number of hydrogen-bond donors (Lipinski definition) is 1. The van der Waals surface area contributed by atoms with Gasteiger partial charge < -0.3 is 4.74 Å². The SMILES string of the molecule is CCc1ccc2nc(NC(=O)C(C)Oc3ccc(Cl)cc3Cl)sc2c1. The molecule has 4 nitrogen and oxygen atoms in total. The van der Waals surface area contributed by atoms with Gasteiger partial charge in [-0.05, 0) is 49.2 Å². The van der Waals surface area contributed by atoms with E-state index in [1.807, 2.05) is 12.1 Å². The van der Waals surface area contributed by atoms with Crippen molar-refractivity contribution in [2.45, 2.75) is 26.4 Å². The smallest absolute Gasteiger partial charge is 0.266 e. The zero-order valence-electron chi connectivity index (χ0n) is 13.7. The third-order valence-corrected chi connectivity index (χ3v) is 5.12. The maximum Gasteiger partial charge on any atom is 0.266 e. The van der Waals surface area contributed by atoms with Crippen LogP contribution in [0.2, 0.25) is 10.0 Å². The lowest BCUT2D eigenvalue weighted by atomic mass is 10.2. The number of benzene rings is 2. The summed E-state index contributed by atoms with van der Waals surface area (Å²) in [6.45, 7) is 3.76. The molecule has 0 spiro atoms. The molecule has 0 aliphatic heterocycles. The molecule has 3 rings (SSSR count). The number of carbonyl (C=O) groups is 1. The minimum atomic E-state index is -0.725. The van der Waals surface area contributed by atoms with Crippen molar-refractivity contribution in [3.8, 4) is 5.75 Å². The third-order valence-electron chi connectivity index (χ3n) is 3.66. The van der Waals surface area contributed by atoms with E-state index in [-0.39, 0.29) is 5.91 Å². The Hall–Kier alpha value is -1.82. The van der Waals surface area contributed by atoms with E-state index in [9.17, 15) is 4.79 Å². The van der Waals surface area contributed by atoms with Crippen LogP contribution in [0.4, 0.5) is 5.13 Å². The highest BCUT2D eigenvalue weighted by Crippen LogP contribution is 2.29. The van der Waals surface area contributed by atoms with Gasteiger partial charge in [0, 0.05) is 5.02 Å². The molecule has 1 N–H and O–H groups in total. The number of nitrogens with zero attached hydrogens (tertiary/aromatic N) is 1. The van der Waals surface area contributed by atoms with Crippen molar-refractivity contribution in [3.05, 3.63) is 52.0 Å². The minimum absolute atomic E-state index is 0.291. The van der Waals surface area contributed by atoms with Crippen LogP contribution in [0.15, 0.2) is 36.4 Å². The molecule has 0 saturated carbocycles. The van der Waals surface area contributed by atoms with Crippen LogP contribution in [-0.4, -0.2) is 17.0 Å². The maximum atomic E-state index is 12.4. The number of carbonyl (C=O) groups excluding carboxylic acids is 1. The summed E-state index contributed by atoms with van der Waals surface area (Å²) in [5.41, 5.74) is 2.11. The van der Waals surface area contributed by atoms with Gasteiger partial charge in [-0.3, -0.25) is 10.1 Å². The van der Waals surface area contributed by atoms with Crippen molar-refractivity contribution in [3.63, 3.8) is 0 Å². The van der Waals surface area contributed by atoms with Crippen LogP contribution < -0.4 is 10.1 Å². The van der Waals surface area contributed by atoms with Gasteiger partial charge in [0.2, 0.25) is 0 Å². The Morgan fingerprint density at radius 3 is 2.80 bits per heavy atom. The molecule has 0 aliphatic rings. The van der Waals surface area contributed by atoms with Crippen molar-refractivity contribution in [1.82, 2.24) is 4.98 Å². The van der Waals surface area contributed by atoms with Gasteiger partial charge in [-0.2, -0.15) is 0 Å². The van der Waals surface area contributed by atoms with E-state index < -0.39 is 6.10 Å². The molecule has 130 valence electrons. The van der Waals surface area contributed by atoms with Crippen LogP contribution in [0, 0.1) is 0 Å². The zero-order valence-corrected chi connectivity index (χ0v) is 16.0. The minimum Gasteiger partial charge on any atom is -0.479 e. The second-order valence-corrected chi connectivity index (χ2v) is 7.37. The average molecular weight is 395 g/mol. The summed E-state index contributed by atoms with van der Waals surface area (Å²) in [6, 6.07) is 11.0. The Balaban J connectivity index is 1.70. The van der Waals surface area contributed by atoms with Crippen LogP contribution in [-0.2, 0) is 11.2 Å². The topological polar surface area (TPSA) is 51.2 Å². The largest absolute Gasteiger partial charge is 0.479 e. The van der Waals surface area contributed by atoms with Gasteiger partial charge in [0.1, 0.15) is 5.75 Å². The molecule has 3 aromatic rings. The first kappa shape index (κ1) is 18.0. The van der Waals surface area contributed by atoms with Gasteiger partial charge in [0.15, 0.2) is 11.2 Å². The van der Waals surface area contributed by atoms with E-state index in [1.165, 1.54) is 16.9 Å². The predicted molar refractivity (Wildman–Crippen MR) is 104 cm³/mol. The number of thiazole rings is 1. The fraction of sp³-hybridized carbons (Fsp3) is 0.222. The van der Waals surface area contributed by atoms with Crippen molar-refractivity contribution in [2.75, 3.05) is 5.32 Å². The second-order valence-electron chi connectivity index (χ2n) is 5.50. The third kappa shape index (κ3) is 4.24. The van der Waals surface area contributed by atoms with E-state index in [4.69, 9.17) is 27.9 Å². The Kier molecular flexibility index (Phi) is 5.47. The predicted octanol–water partition coefficient (Wildman–Crippen LogP) is 5.57. The molecule has 0 bridgehead atoms. The number of halogens is 2. The molecule has 7 heteroatoms. The second kappa shape index (κ2) is 7.60. The van der Waals surface area contributed by atoms with Gasteiger partial charge in [-0.1, -0.05) is 47.5 Å². The fourth-order valence-electron chi connectivity index (χ4n) is 2.26. The number of amides is 1. The van der Waals surface area contributed by atoms with E-state index >= 15 is 0 Å². The molecule has 1 atom stereocenters. The van der Waals surface area contributed by atoms with Gasteiger partial charge in [0.25, 0.3) is 5.91 Å². The average Bonchev–Trinajstić information content (AvgIpc) is 2.98. The number of fused-ring (bicyclic) bond motifs is 1.